The summed E-state index contributed by atoms with van der Waals surface area (Å²) >= 11 is 0. The van der Waals surface area contributed by atoms with Gasteiger partial charge in [-0.15, -0.1) is 0 Å². The van der Waals surface area contributed by atoms with Crippen molar-refractivity contribution in [3.8, 4) is 28.7 Å². The highest BCUT2D eigenvalue weighted by Gasteiger charge is 2.10. The normalized spacial score (nSPS) is 10.4. The first-order chi connectivity index (χ1) is 13.3. The van der Waals surface area contributed by atoms with E-state index in [4.69, 9.17) is 4.74 Å². The second-order valence-electron chi connectivity index (χ2n) is 5.75. The van der Waals surface area contributed by atoms with E-state index in [0.717, 1.165) is 22.8 Å². The molecule has 3 aromatic heterocycles. The maximum absolute atomic E-state index is 5.29. The highest BCUT2D eigenvalue weighted by molar-refractivity contribution is 5.67. The summed E-state index contributed by atoms with van der Waals surface area (Å²) in [5, 5.41) is 3.31. The number of anilines is 2. The van der Waals surface area contributed by atoms with Gasteiger partial charge in [0.05, 0.1) is 18.5 Å². The van der Waals surface area contributed by atoms with E-state index in [1.165, 1.54) is 0 Å². The molecule has 6 nitrogen and oxygen atoms in total. The number of ether oxygens (including phenoxy) is 1. The zero-order chi connectivity index (χ0) is 18.5. The molecule has 0 saturated carbocycles. The van der Waals surface area contributed by atoms with E-state index in [-0.39, 0.29) is 0 Å². The molecule has 132 valence electrons. The third-order valence-electron chi connectivity index (χ3n) is 3.89. The second-order valence-corrected chi connectivity index (χ2v) is 5.75. The summed E-state index contributed by atoms with van der Waals surface area (Å²) in [5.74, 6) is 1.95. The second kappa shape index (κ2) is 7.61. The molecule has 0 aliphatic heterocycles. The number of nitrogens with one attached hydrogen (secondary N) is 1. The monoisotopic (exact) mass is 355 g/mol. The topological polar surface area (TPSA) is 72.8 Å². The molecule has 0 amide bonds. The third-order valence-corrected chi connectivity index (χ3v) is 3.89. The number of benzene rings is 1. The molecule has 4 rings (SSSR count). The molecule has 1 aromatic carbocycles. The van der Waals surface area contributed by atoms with Gasteiger partial charge in [0.15, 0.2) is 5.82 Å². The number of aromatic nitrogens is 4. The first-order valence-electron chi connectivity index (χ1n) is 8.45. The smallest absolute Gasteiger partial charge is 0.180 e. The Morgan fingerprint density at radius 1 is 0.741 bits per heavy atom. The molecule has 1 N–H and O–H groups in total. The Morgan fingerprint density at radius 2 is 1.52 bits per heavy atom. The van der Waals surface area contributed by atoms with Gasteiger partial charge in [-0.1, -0.05) is 18.2 Å². The van der Waals surface area contributed by atoms with Crippen LogP contribution in [0.15, 0.2) is 79.1 Å². The Kier molecular flexibility index (Phi) is 4.70. The quantitative estimate of drug-likeness (QED) is 0.574. The fraction of sp³-hybridized carbons (Fsp3) is 0.0476. The van der Waals surface area contributed by atoms with Gasteiger partial charge >= 0.3 is 0 Å². The molecule has 0 unspecified atom stereocenters. The Hall–Kier alpha value is -3.80. The Bertz CT molecular complexity index is 981. The molecule has 6 heteroatoms. The van der Waals surface area contributed by atoms with Crippen LogP contribution in [0.25, 0.3) is 22.9 Å². The van der Waals surface area contributed by atoms with Crippen LogP contribution >= 0.6 is 0 Å². The van der Waals surface area contributed by atoms with Gasteiger partial charge in [0.2, 0.25) is 0 Å². The summed E-state index contributed by atoms with van der Waals surface area (Å²) in [6, 6.07) is 20.9. The van der Waals surface area contributed by atoms with E-state index in [1.807, 2.05) is 66.7 Å². The molecule has 0 aliphatic carbocycles. The average molecular weight is 355 g/mol. The summed E-state index contributed by atoms with van der Waals surface area (Å²) in [7, 11) is 1.64. The Morgan fingerprint density at radius 3 is 2.22 bits per heavy atom. The first-order valence-corrected chi connectivity index (χ1v) is 8.45. The van der Waals surface area contributed by atoms with Crippen LogP contribution in [-0.4, -0.2) is 27.0 Å². The molecule has 0 atom stereocenters. The van der Waals surface area contributed by atoms with Crippen molar-refractivity contribution in [2.45, 2.75) is 0 Å². The highest BCUT2D eigenvalue weighted by Crippen LogP contribution is 2.25. The van der Waals surface area contributed by atoms with Gasteiger partial charge in [-0.3, -0.25) is 9.97 Å². The van der Waals surface area contributed by atoms with Gasteiger partial charge in [0, 0.05) is 30.2 Å². The SMILES string of the molecule is COc1cccc(Nc2cc(-c3ccccn3)nc(-c3ccccn3)n2)c1. The van der Waals surface area contributed by atoms with Gasteiger partial charge in [0.1, 0.15) is 17.3 Å². The maximum Gasteiger partial charge on any atom is 0.180 e. The van der Waals surface area contributed by atoms with Crippen molar-refractivity contribution in [1.82, 2.24) is 19.9 Å². The van der Waals surface area contributed by atoms with Crippen LogP contribution in [0, 0.1) is 0 Å². The number of rotatable bonds is 5. The van der Waals surface area contributed by atoms with Crippen LogP contribution in [0.4, 0.5) is 11.5 Å². The number of nitrogens with zero attached hydrogens (tertiary/aromatic N) is 4. The zero-order valence-electron chi connectivity index (χ0n) is 14.7. The van der Waals surface area contributed by atoms with Crippen LogP contribution in [0.5, 0.6) is 5.75 Å². The van der Waals surface area contributed by atoms with Crippen molar-refractivity contribution in [2.75, 3.05) is 12.4 Å². The van der Waals surface area contributed by atoms with Gasteiger partial charge in [0.25, 0.3) is 0 Å². The maximum atomic E-state index is 5.29. The fourth-order valence-corrected chi connectivity index (χ4v) is 2.62. The summed E-state index contributed by atoms with van der Waals surface area (Å²) in [5.41, 5.74) is 3.05. The first kappa shape index (κ1) is 16.7. The van der Waals surface area contributed by atoms with Crippen LogP contribution in [0.1, 0.15) is 0 Å². The predicted molar refractivity (Wildman–Crippen MR) is 105 cm³/mol. The average Bonchev–Trinajstić information content (AvgIpc) is 2.75. The van der Waals surface area contributed by atoms with Crippen molar-refractivity contribution >= 4 is 11.5 Å². The van der Waals surface area contributed by atoms with Gasteiger partial charge < -0.3 is 10.1 Å². The number of pyridine rings is 2. The molecule has 0 aliphatic rings. The third kappa shape index (κ3) is 3.90. The van der Waals surface area contributed by atoms with Gasteiger partial charge in [-0.2, -0.15) is 0 Å². The summed E-state index contributed by atoms with van der Waals surface area (Å²) in [4.78, 5) is 18.0. The number of methoxy groups -OCH3 is 1. The van der Waals surface area contributed by atoms with Crippen molar-refractivity contribution in [3.63, 3.8) is 0 Å². The standard InChI is InChI=1S/C21H17N5O/c1-27-16-8-6-7-15(13-16)24-20-14-19(17-9-2-4-11-22-17)25-21(26-20)18-10-3-5-12-23-18/h2-14H,1H3,(H,24,25,26). The lowest BCUT2D eigenvalue weighted by Gasteiger charge is -2.10. The number of hydrogen-bond acceptors (Lipinski definition) is 6. The van der Waals surface area contributed by atoms with E-state index in [0.29, 0.717) is 17.3 Å². The molecule has 0 saturated heterocycles. The van der Waals surface area contributed by atoms with E-state index >= 15 is 0 Å². The molecule has 0 radical (unpaired) electrons. The molecular formula is C21H17N5O. The van der Waals surface area contributed by atoms with Crippen molar-refractivity contribution in [1.29, 1.82) is 0 Å². The summed E-state index contributed by atoms with van der Waals surface area (Å²) in [6.07, 6.45) is 3.47. The van der Waals surface area contributed by atoms with Gasteiger partial charge in [-0.25, -0.2) is 9.97 Å². The van der Waals surface area contributed by atoms with Crippen molar-refractivity contribution < 1.29 is 4.74 Å². The van der Waals surface area contributed by atoms with E-state index in [1.54, 1.807) is 19.5 Å². The largest absolute Gasteiger partial charge is 0.497 e. The van der Waals surface area contributed by atoms with Crippen molar-refractivity contribution in [2.24, 2.45) is 0 Å². The molecule has 0 spiro atoms. The van der Waals surface area contributed by atoms with Crippen LogP contribution < -0.4 is 10.1 Å². The lowest BCUT2D eigenvalue weighted by molar-refractivity contribution is 0.415. The molecule has 27 heavy (non-hydrogen) atoms. The molecule has 3 heterocycles. The van der Waals surface area contributed by atoms with Crippen LogP contribution in [0.2, 0.25) is 0 Å². The van der Waals surface area contributed by atoms with Crippen LogP contribution in [-0.2, 0) is 0 Å². The molecule has 0 fully saturated rings. The predicted octanol–water partition coefficient (Wildman–Crippen LogP) is 4.35. The van der Waals surface area contributed by atoms with Gasteiger partial charge in [-0.05, 0) is 36.4 Å². The van der Waals surface area contributed by atoms with E-state index in [9.17, 15) is 0 Å². The Balaban J connectivity index is 1.78. The summed E-state index contributed by atoms with van der Waals surface area (Å²) < 4.78 is 5.29. The summed E-state index contributed by atoms with van der Waals surface area (Å²) in [6.45, 7) is 0. The number of hydrogen-bond donors (Lipinski definition) is 1. The minimum atomic E-state index is 0.532. The molecule has 4 aromatic rings. The minimum Gasteiger partial charge on any atom is -0.497 e. The molecule has 0 bridgehead atoms. The van der Waals surface area contributed by atoms with E-state index < -0.39 is 0 Å². The highest BCUT2D eigenvalue weighted by atomic mass is 16.5. The zero-order valence-corrected chi connectivity index (χ0v) is 14.7. The van der Waals surface area contributed by atoms with Crippen LogP contribution in [0.3, 0.4) is 0 Å². The van der Waals surface area contributed by atoms with E-state index in [2.05, 4.69) is 25.3 Å². The molecular weight excluding hydrogens is 338 g/mol. The minimum absolute atomic E-state index is 0.532. The lowest BCUT2D eigenvalue weighted by atomic mass is 10.2. The Labute approximate surface area is 157 Å². The van der Waals surface area contributed by atoms with Crippen molar-refractivity contribution in [3.05, 3.63) is 79.1 Å². The lowest BCUT2D eigenvalue weighted by Crippen LogP contribution is -2.01. The fourth-order valence-electron chi connectivity index (χ4n) is 2.62.